The number of hydrogen-bond donors (Lipinski definition) is 2. The molecule has 0 aliphatic rings. The molecule has 0 saturated heterocycles. The summed E-state index contributed by atoms with van der Waals surface area (Å²) in [5, 5.41) is 9.97. The van der Waals surface area contributed by atoms with Crippen molar-refractivity contribution in [2.24, 2.45) is 11.7 Å². The van der Waals surface area contributed by atoms with Gasteiger partial charge in [-0.25, -0.2) is 0 Å². The van der Waals surface area contributed by atoms with Crippen LogP contribution < -0.4 is 5.73 Å². The summed E-state index contributed by atoms with van der Waals surface area (Å²) in [5.41, 5.74) is 7.00. The van der Waals surface area contributed by atoms with Crippen molar-refractivity contribution in [1.29, 1.82) is 0 Å². The van der Waals surface area contributed by atoms with Gasteiger partial charge in [0.05, 0.1) is 12.1 Å². The normalized spacial score (nSPS) is 15.1. The topological polar surface area (TPSA) is 46.2 Å². The van der Waals surface area contributed by atoms with Gasteiger partial charge in [0.1, 0.15) is 0 Å². The van der Waals surface area contributed by atoms with Crippen molar-refractivity contribution in [3.8, 4) is 0 Å². The average molecular weight is 286 g/mol. The first kappa shape index (κ1) is 13.7. The quantitative estimate of drug-likeness (QED) is 0.872. The van der Waals surface area contributed by atoms with Crippen molar-refractivity contribution in [2.75, 3.05) is 0 Å². The molecule has 2 atom stereocenters. The Labute approximate surface area is 106 Å². The molecule has 0 fully saturated rings. The lowest BCUT2D eigenvalue weighted by atomic mass is 9.96. The van der Waals surface area contributed by atoms with Gasteiger partial charge in [-0.1, -0.05) is 41.9 Å². The molecule has 0 spiro atoms. The summed E-state index contributed by atoms with van der Waals surface area (Å²) in [6.45, 7) is 4.30. The fraction of sp³-hybridized carbons (Fsp3) is 0.538. The summed E-state index contributed by atoms with van der Waals surface area (Å²) < 4.78 is 0.997. The number of nitrogens with two attached hydrogens (primary N) is 1. The molecular weight excluding hydrogens is 266 g/mol. The van der Waals surface area contributed by atoms with Gasteiger partial charge >= 0.3 is 0 Å². The molecule has 0 aromatic heterocycles. The summed E-state index contributed by atoms with van der Waals surface area (Å²) in [5.74, 6) is 0.601. The van der Waals surface area contributed by atoms with Crippen LogP contribution in [0, 0.1) is 5.92 Å². The van der Waals surface area contributed by atoms with Gasteiger partial charge in [-0.3, -0.25) is 0 Å². The average Bonchev–Trinajstić information content (AvgIpc) is 2.24. The summed E-state index contributed by atoms with van der Waals surface area (Å²) in [7, 11) is 0. The molecule has 0 aliphatic heterocycles. The van der Waals surface area contributed by atoms with Gasteiger partial charge in [0.25, 0.3) is 0 Å². The lowest BCUT2D eigenvalue weighted by molar-refractivity contribution is 0.128. The van der Waals surface area contributed by atoms with E-state index in [1.54, 1.807) is 0 Å². The number of rotatable bonds is 5. The number of aliphatic hydroxyl groups is 1. The largest absolute Gasteiger partial charge is 0.391 e. The molecule has 1 rings (SSSR count). The molecule has 0 unspecified atom stereocenters. The van der Waals surface area contributed by atoms with E-state index in [0.29, 0.717) is 5.92 Å². The minimum absolute atomic E-state index is 0.295. The number of hydrogen-bond acceptors (Lipinski definition) is 2. The lowest BCUT2D eigenvalue weighted by Crippen LogP contribution is -2.26. The van der Waals surface area contributed by atoms with Gasteiger partial charge in [0, 0.05) is 4.47 Å². The van der Waals surface area contributed by atoms with E-state index in [9.17, 15) is 5.11 Å². The van der Waals surface area contributed by atoms with Crippen molar-refractivity contribution >= 4 is 15.9 Å². The maximum atomic E-state index is 9.97. The molecule has 0 aliphatic carbocycles. The Kier molecular flexibility index (Phi) is 5.46. The fourth-order valence-corrected chi connectivity index (χ4v) is 2.04. The molecule has 16 heavy (non-hydrogen) atoms. The van der Waals surface area contributed by atoms with Crippen LogP contribution in [-0.4, -0.2) is 11.2 Å². The third-order valence-corrected chi connectivity index (χ3v) is 3.18. The summed E-state index contributed by atoms with van der Waals surface area (Å²) in [6, 6.07) is 7.51. The first-order chi connectivity index (χ1) is 7.50. The molecule has 90 valence electrons. The van der Waals surface area contributed by atoms with E-state index in [4.69, 9.17) is 5.73 Å². The van der Waals surface area contributed by atoms with Gasteiger partial charge in [-0.15, -0.1) is 0 Å². The highest BCUT2D eigenvalue weighted by Crippen LogP contribution is 2.22. The van der Waals surface area contributed by atoms with Gasteiger partial charge in [-0.2, -0.15) is 0 Å². The second-order valence-electron chi connectivity index (χ2n) is 4.62. The van der Waals surface area contributed by atoms with Crippen molar-refractivity contribution in [3.05, 3.63) is 34.3 Å². The van der Waals surface area contributed by atoms with Crippen molar-refractivity contribution in [3.63, 3.8) is 0 Å². The van der Waals surface area contributed by atoms with Crippen LogP contribution in [-0.2, 0) is 0 Å². The van der Waals surface area contributed by atoms with E-state index < -0.39 is 6.10 Å². The molecular formula is C13H20BrNO. The van der Waals surface area contributed by atoms with Crippen LogP contribution in [0.25, 0.3) is 0 Å². The van der Waals surface area contributed by atoms with E-state index in [0.717, 1.165) is 22.9 Å². The van der Waals surface area contributed by atoms with Gasteiger partial charge in [-0.05, 0) is 36.5 Å². The third kappa shape index (κ3) is 4.24. The predicted octanol–water partition coefficient (Wildman–Crippen LogP) is 3.25. The highest BCUT2D eigenvalue weighted by atomic mass is 79.9. The van der Waals surface area contributed by atoms with Gasteiger partial charge in [0.15, 0.2) is 0 Å². The van der Waals surface area contributed by atoms with E-state index in [1.807, 2.05) is 24.3 Å². The molecule has 2 nitrogen and oxygen atoms in total. The van der Waals surface area contributed by atoms with Crippen LogP contribution in [0.3, 0.4) is 0 Å². The van der Waals surface area contributed by atoms with Crippen LogP contribution >= 0.6 is 15.9 Å². The second kappa shape index (κ2) is 6.38. The number of aliphatic hydroxyl groups excluding tert-OH is 1. The zero-order chi connectivity index (χ0) is 12.1. The Bertz CT molecular complexity index is 327. The number of benzene rings is 1. The molecule has 3 N–H and O–H groups in total. The highest BCUT2D eigenvalue weighted by Gasteiger charge is 2.16. The van der Waals surface area contributed by atoms with Crippen molar-refractivity contribution in [1.82, 2.24) is 0 Å². The standard InChI is InChI=1S/C13H20BrNO/c1-9(2)6-7-12(16)13(15)10-4-3-5-11(14)8-10/h3-5,8-9,12-13,16H,6-7,15H2,1-2H3/t12-,13+/m1/s1. The third-order valence-electron chi connectivity index (χ3n) is 2.69. The van der Waals surface area contributed by atoms with E-state index in [-0.39, 0.29) is 6.04 Å². The van der Waals surface area contributed by atoms with Crippen molar-refractivity contribution < 1.29 is 5.11 Å². The Morgan fingerprint density at radius 1 is 1.31 bits per heavy atom. The first-order valence-corrected chi connectivity index (χ1v) is 6.49. The molecule has 1 aromatic rings. The second-order valence-corrected chi connectivity index (χ2v) is 5.54. The minimum Gasteiger partial charge on any atom is -0.391 e. The Hall–Kier alpha value is -0.380. The molecule has 0 radical (unpaired) electrons. The molecule has 0 saturated carbocycles. The summed E-state index contributed by atoms with van der Waals surface area (Å²) in [6.07, 6.45) is 1.30. The van der Waals surface area contributed by atoms with Gasteiger partial charge in [0.2, 0.25) is 0 Å². The maximum Gasteiger partial charge on any atom is 0.0732 e. The fourth-order valence-electron chi connectivity index (χ4n) is 1.62. The minimum atomic E-state index is -0.461. The van der Waals surface area contributed by atoms with E-state index >= 15 is 0 Å². The van der Waals surface area contributed by atoms with Crippen molar-refractivity contribution in [2.45, 2.75) is 38.8 Å². The van der Waals surface area contributed by atoms with Crippen LogP contribution in [0.5, 0.6) is 0 Å². The smallest absolute Gasteiger partial charge is 0.0732 e. The van der Waals surface area contributed by atoms with Crippen LogP contribution in [0.1, 0.15) is 38.3 Å². The Balaban J connectivity index is 2.59. The first-order valence-electron chi connectivity index (χ1n) is 5.70. The predicted molar refractivity (Wildman–Crippen MR) is 71.1 cm³/mol. The number of halogens is 1. The molecule has 1 aromatic carbocycles. The summed E-state index contributed by atoms with van der Waals surface area (Å²) in [4.78, 5) is 0. The Morgan fingerprint density at radius 2 is 2.00 bits per heavy atom. The zero-order valence-electron chi connectivity index (χ0n) is 9.86. The lowest BCUT2D eigenvalue weighted by Gasteiger charge is -2.20. The summed E-state index contributed by atoms with van der Waals surface area (Å²) >= 11 is 3.40. The van der Waals surface area contributed by atoms with Crippen LogP contribution in [0.4, 0.5) is 0 Å². The van der Waals surface area contributed by atoms with Crippen LogP contribution in [0.2, 0.25) is 0 Å². The van der Waals surface area contributed by atoms with Crippen LogP contribution in [0.15, 0.2) is 28.7 Å². The molecule has 0 bridgehead atoms. The van der Waals surface area contributed by atoms with E-state index in [2.05, 4.69) is 29.8 Å². The Morgan fingerprint density at radius 3 is 2.56 bits per heavy atom. The zero-order valence-corrected chi connectivity index (χ0v) is 11.4. The molecule has 0 amide bonds. The van der Waals surface area contributed by atoms with E-state index in [1.165, 1.54) is 0 Å². The SMILES string of the molecule is CC(C)CC[C@@H](O)[C@@H](N)c1cccc(Br)c1. The monoisotopic (exact) mass is 285 g/mol. The highest BCUT2D eigenvalue weighted by molar-refractivity contribution is 9.10. The maximum absolute atomic E-state index is 9.97. The molecule has 3 heteroatoms. The van der Waals surface area contributed by atoms with Gasteiger partial charge < -0.3 is 10.8 Å². The molecule has 0 heterocycles.